The van der Waals surface area contributed by atoms with E-state index in [1.165, 1.54) is 6.92 Å². The highest BCUT2D eigenvalue weighted by Gasteiger charge is 2.33. The molecule has 0 radical (unpaired) electrons. The summed E-state index contributed by atoms with van der Waals surface area (Å²) >= 11 is 0. The van der Waals surface area contributed by atoms with Crippen LogP contribution in [0.4, 0.5) is 0 Å². The van der Waals surface area contributed by atoms with Crippen LogP contribution in [-0.2, 0) is 9.59 Å². The van der Waals surface area contributed by atoms with E-state index in [2.05, 4.69) is 10.6 Å². The molecule has 2 fully saturated rings. The maximum Gasteiger partial charge on any atom is 0.243 e. The molecule has 17 heavy (non-hydrogen) atoms. The third-order valence-electron chi connectivity index (χ3n) is 3.60. The monoisotopic (exact) mass is 239 g/mol. The third kappa shape index (κ3) is 2.97. The number of carbonyl (C=O) groups excluding carboxylic acids is 2. The van der Waals surface area contributed by atoms with Crippen molar-refractivity contribution >= 4 is 11.8 Å². The van der Waals surface area contributed by atoms with E-state index in [1.807, 2.05) is 0 Å². The summed E-state index contributed by atoms with van der Waals surface area (Å²) in [5.41, 5.74) is 0. The van der Waals surface area contributed by atoms with Crippen molar-refractivity contribution in [2.75, 3.05) is 19.6 Å². The molecule has 1 unspecified atom stereocenters. The first-order valence-electron chi connectivity index (χ1n) is 6.47. The van der Waals surface area contributed by atoms with E-state index in [9.17, 15) is 9.59 Å². The summed E-state index contributed by atoms with van der Waals surface area (Å²) in [6.45, 7) is 4.14. The number of hydrogen-bond acceptors (Lipinski definition) is 3. The Kier molecular flexibility index (Phi) is 3.99. The molecule has 2 atom stereocenters. The molecule has 0 saturated carbocycles. The lowest BCUT2D eigenvalue weighted by atomic mass is 10.1. The fourth-order valence-electron chi connectivity index (χ4n) is 2.69. The normalized spacial score (nSPS) is 29.1. The largest absolute Gasteiger partial charge is 0.350 e. The topological polar surface area (TPSA) is 61.4 Å². The van der Waals surface area contributed by atoms with Gasteiger partial charge in [0.05, 0.1) is 0 Å². The van der Waals surface area contributed by atoms with Gasteiger partial charge in [0.25, 0.3) is 0 Å². The predicted octanol–water partition coefficient (Wildman–Crippen LogP) is -0.134. The zero-order valence-electron chi connectivity index (χ0n) is 10.4. The summed E-state index contributed by atoms with van der Waals surface area (Å²) in [6.07, 6.45) is 3.86. The van der Waals surface area contributed by atoms with Crippen LogP contribution < -0.4 is 10.6 Å². The van der Waals surface area contributed by atoms with Crippen LogP contribution in [0.25, 0.3) is 0 Å². The van der Waals surface area contributed by atoms with Gasteiger partial charge >= 0.3 is 0 Å². The minimum Gasteiger partial charge on any atom is -0.350 e. The first kappa shape index (κ1) is 12.4. The van der Waals surface area contributed by atoms with E-state index in [4.69, 9.17) is 0 Å². The molecule has 2 aliphatic rings. The lowest BCUT2D eigenvalue weighted by Crippen LogP contribution is -2.52. The molecule has 2 aliphatic heterocycles. The van der Waals surface area contributed by atoms with E-state index in [0.29, 0.717) is 0 Å². The Labute approximate surface area is 102 Å². The van der Waals surface area contributed by atoms with Crippen LogP contribution in [0.5, 0.6) is 0 Å². The Bertz CT molecular complexity index is 300. The van der Waals surface area contributed by atoms with Crippen molar-refractivity contribution in [3.63, 3.8) is 0 Å². The Morgan fingerprint density at radius 1 is 1.29 bits per heavy atom. The predicted molar refractivity (Wildman–Crippen MR) is 64.4 cm³/mol. The summed E-state index contributed by atoms with van der Waals surface area (Å²) in [5, 5.41) is 6.32. The number of nitrogens with zero attached hydrogens (tertiary/aromatic N) is 1. The molecule has 0 bridgehead atoms. The molecular formula is C12H21N3O2. The zero-order chi connectivity index (χ0) is 12.3. The van der Waals surface area contributed by atoms with E-state index in [-0.39, 0.29) is 23.9 Å². The first-order valence-corrected chi connectivity index (χ1v) is 6.47. The molecule has 0 aromatic carbocycles. The quantitative estimate of drug-likeness (QED) is 0.705. The molecule has 5 nitrogen and oxygen atoms in total. The molecule has 96 valence electrons. The minimum absolute atomic E-state index is 0.00409. The maximum absolute atomic E-state index is 12.1. The molecule has 2 amide bonds. The molecule has 2 rings (SSSR count). The standard InChI is InChI=1S/C12H21N3O2/c1-9(16)15-7-3-5-11(15)12(17)14-10-4-2-6-13-8-10/h10-11,13H,2-8H2,1H3,(H,14,17)/t10-,11?/m0/s1. The number of hydrogen-bond donors (Lipinski definition) is 2. The van der Waals surface area contributed by atoms with E-state index in [1.54, 1.807) is 4.90 Å². The molecule has 2 N–H and O–H groups in total. The SMILES string of the molecule is CC(=O)N1CCCC1C(=O)N[C@H]1CCCNC1. The van der Waals surface area contributed by atoms with Crippen molar-refractivity contribution in [2.24, 2.45) is 0 Å². The molecule has 5 heteroatoms. The summed E-state index contributed by atoms with van der Waals surface area (Å²) < 4.78 is 0. The highest BCUT2D eigenvalue weighted by Crippen LogP contribution is 2.17. The molecule has 2 heterocycles. The Hall–Kier alpha value is -1.10. The van der Waals surface area contributed by atoms with Gasteiger partial charge in [0.15, 0.2) is 0 Å². The third-order valence-corrected chi connectivity index (χ3v) is 3.60. The number of piperidine rings is 1. The Morgan fingerprint density at radius 3 is 2.76 bits per heavy atom. The van der Waals surface area contributed by atoms with Crippen LogP contribution in [-0.4, -0.2) is 48.4 Å². The molecule has 0 aliphatic carbocycles. The summed E-state index contributed by atoms with van der Waals surface area (Å²) in [4.78, 5) is 25.2. The van der Waals surface area contributed by atoms with Crippen molar-refractivity contribution in [1.29, 1.82) is 0 Å². The van der Waals surface area contributed by atoms with Crippen LogP contribution >= 0.6 is 0 Å². The number of carbonyl (C=O) groups is 2. The number of nitrogens with one attached hydrogen (secondary N) is 2. The van der Waals surface area contributed by atoms with Gasteiger partial charge in [-0.25, -0.2) is 0 Å². The van der Waals surface area contributed by atoms with Crippen molar-refractivity contribution in [3.05, 3.63) is 0 Å². The molecule has 0 spiro atoms. The van der Waals surface area contributed by atoms with E-state index >= 15 is 0 Å². The van der Waals surface area contributed by atoms with Crippen LogP contribution in [0.3, 0.4) is 0 Å². The fraction of sp³-hybridized carbons (Fsp3) is 0.833. The van der Waals surface area contributed by atoms with Gasteiger partial charge in [0.1, 0.15) is 6.04 Å². The van der Waals surface area contributed by atoms with Gasteiger partial charge in [-0.1, -0.05) is 0 Å². The van der Waals surface area contributed by atoms with Crippen molar-refractivity contribution in [3.8, 4) is 0 Å². The molecule has 2 saturated heterocycles. The average Bonchev–Trinajstić information content (AvgIpc) is 2.79. The van der Waals surface area contributed by atoms with Gasteiger partial charge in [-0.05, 0) is 32.2 Å². The number of likely N-dealkylation sites (tertiary alicyclic amines) is 1. The Balaban J connectivity index is 1.88. The van der Waals surface area contributed by atoms with Gasteiger partial charge < -0.3 is 15.5 Å². The van der Waals surface area contributed by atoms with Crippen LogP contribution in [0.1, 0.15) is 32.6 Å². The molecule has 0 aromatic heterocycles. The summed E-state index contributed by atoms with van der Waals surface area (Å²) in [5.74, 6) is 0.0239. The number of amides is 2. The van der Waals surface area contributed by atoms with Crippen molar-refractivity contribution in [2.45, 2.75) is 44.7 Å². The Morgan fingerprint density at radius 2 is 2.12 bits per heavy atom. The second-order valence-corrected chi connectivity index (χ2v) is 4.92. The lowest BCUT2D eigenvalue weighted by molar-refractivity contribution is -0.137. The second-order valence-electron chi connectivity index (χ2n) is 4.92. The summed E-state index contributed by atoms with van der Waals surface area (Å²) in [6, 6.07) is -0.0138. The van der Waals surface area contributed by atoms with E-state index in [0.717, 1.165) is 45.3 Å². The lowest BCUT2D eigenvalue weighted by Gasteiger charge is -2.28. The smallest absolute Gasteiger partial charge is 0.243 e. The zero-order valence-corrected chi connectivity index (χ0v) is 10.4. The van der Waals surface area contributed by atoms with Gasteiger partial charge in [0.2, 0.25) is 11.8 Å². The van der Waals surface area contributed by atoms with Gasteiger partial charge in [-0.3, -0.25) is 9.59 Å². The highest BCUT2D eigenvalue weighted by molar-refractivity contribution is 5.87. The fourth-order valence-corrected chi connectivity index (χ4v) is 2.69. The van der Waals surface area contributed by atoms with E-state index < -0.39 is 0 Å². The maximum atomic E-state index is 12.1. The highest BCUT2D eigenvalue weighted by atomic mass is 16.2. The average molecular weight is 239 g/mol. The molecular weight excluding hydrogens is 218 g/mol. The van der Waals surface area contributed by atoms with Crippen molar-refractivity contribution < 1.29 is 9.59 Å². The van der Waals surface area contributed by atoms with Crippen LogP contribution in [0, 0.1) is 0 Å². The molecule has 0 aromatic rings. The first-order chi connectivity index (χ1) is 8.18. The second kappa shape index (κ2) is 5.49. The van der Waals surface area contributed by atoms with Gasteiger partial charge in [-0.15, -0.1) is 0 Å². The van der Waals surface area contributed by atoms with Crippen LogP contribution in [0.2, 0.25) is 0 Å². The summed E-state index contributed by atoms with van der Waals surface area (Å²) in [7, 11) is 0. The van der Waals surface area contributed by atoms with Gasteiger partial charge in [0, 0.05) is 26.1 Å². The van der Waals surface area contributed by atoms with Crippen molar-refractivity contribution in [1.82, 2.24) is 15.5 Å². The number of rotatable bonds is 2. The van der Waals surface area contributed by atoms with Gasteiger partial charge in [-0.2, -0.15) is 0 Å². The van der Waals surface area contributed by atoms with Crippen LogP contribution in [0.15, 0.2) is 0 Å². The minimum atomic E-state index is -0.241.